The molecule has 0 bridgehead atoms. The molecule has 2 heterocycles. The molecule has 1 aliphatic rings. The smallest absolute Gasteiger partial charge is 0.143 e. The van der Waals surface area contributed by atoms with E-state index < -0.39 is 0 Å². The lowest BCUT2D eigenvalue weighted by molar-refractivity contribution is -0.123. The molecule has 1 saturated heterocycles. The van der Waals surface area contributed by atoms with Crippen molar-refractivity contribution in [3.63, 3.8) is 0 Å². The third-order valence-electron chi connectivity index (χ3n) is 2.75. The van der Waals surface area contributed by atoms with E-state index in [9.17, 15) is 4.79 Å². The zero-order chi connectivity index (χ0) is 9.97. The summed E-state index contributed by atoms with van der Waals surface area (Å²) >= 11 is 1.64. The summed E-state index contributed by atoms with van der Waals surface area (Å²) in [5, 5.41) is 4.05. The van der Waals surface area contributed by atoms with E-state index in [1.165, 1.54) is 0 Å². The van der Waals surface area contributed by atoms with Gasteiger partial charge in [0.1, 0.15) is 5.78 Å². The minimum absolute atomic E-state index is 0.112. The molecule has 14 heavy (non-hydrogen) atoms. The normalized spacial score (nSPS) is 26.6. The summed E-state index contributed by atoms with van der Waals surface area (Å²) in [5.41, 5.74) is 1.14. The number of carbonyl (C=O) groups excluding carboxylic acids is 1. The Labute approximate surface area is 87.9 Å². The van der Waals surface area contributed by atoms with Gasteiger partial charge in [0.05, 0.1) is 6.10 Å². The first-order valence-electron chi connectivity index (χ1n) is 4.93. The maximum absolute atomic E-state index is 11.8. The van der Waals surface area contributed by atoms with E-state index in [-0.39, 0.29) is 12.0 Å². The van der Waals surface area contributed by atoms with Crippen molar-refractivity contribution in [1.82, 2.24) is 0 Å². The predicted octanol–water partition coefficient (Wildman–Crippen LogP) is 2.28. The molecule has 2 atom stereocenters. The lowest BCUT2D eigenvalue weighted by atomic mass is 9.94. The van der Waals surface area contributed by atoms with E-state index in [0.29, 0.717) is 12.2 Å². The minimum atomic E-state index is 0.112. The van der Waals surface area contributed by atoms with Gasteiger partial charge in [0, 0.05) is 18.9 Å². The first-order valence-corrected chi connectivity index (χ1v) is 5.87. The molecule has 76 valence electrons. The molecular formula is C11H14O2S. The number of hydrogen-bond donors (Lipinski definition) is 0. The summed E-state index contributed by atoms with van der Waals surface area (Å²) < 4.78 is 5.39. The van der Waals surface area contributed by atoms with Crippen LogP contribution in [0.4, 0.5) is 0 Å². The van der Waals surface area contributed by atoms with E-state index in [1.54, 1.807) is 11.3 Å². The second kappa shape index (κ2) is 4.24. The van der Waals surface area contributed by atoms with Crippen molar-refractivity contribution in [3.05, 3.63) is 22.4 Å². The van der Waals surface area contributed by atoms with Gasteiger partial charge in [0.15, 0.2) is 0 Å². The molecule has 0 aromatic carbocycles. The first kappa shape index (κ1) is 9.87. The third kappa shape index (κ3) is 2.04. The highest BCUT2D eigenvalue weighted by Gasteiger charge is 2.30. The Kier molecular flexibility index (Phi) is 2.99. The van der Waals surface area contributed by atoms with Gasteiger partial charge in [-0.15, -0.1) is 0 Å². The van der Waals surface area contributed by atoms with Crippen LogP contribution in [0.2, 0.25) is 0 Å². The van der Waals surface area contributed by atoms with Gasteiger partial charge in [0.2, 0.25) is 0 Å². The molecule has 2 unspecified atom stereocenters. The third-order valence-corrected chi connectivity index (χ3v) is 3.48. The lowest BCUT2D eigenvalue weighted by Gasteiger charge is -2.11. The van der Waals surface area contributed by atoms with E-state index in [2.05, 4.69) is 0 Å². The van der Waals surface area contributed by atoms with Crippen LogP contribution >= 0.6 is 11.3 Å². The van der Waals surface area contributed by atoms with Crippen LogP contribution in [0.15, 0.2) is 16.8 Å². The monoisotopic (exact) mass is 210 g/mol. The second-order valence-corrected chi connectivity index (χ2v) is 4.53. The number of Topliss-reactive ketones (excluding diaryl/α,β-unsaturated/α-hetero) is 1. The van der Waals surface area contributed by atoms with Crippen LogP contribution in [-0.2, 0) is 16.0 Å². The highest BCUT2D eigenvalue weighted by molar-refractivity contribution is 7.07. The Morgan fingerprint density at radius 3 is 3.14 bits per heavy atom. The Hall–Kier alpha value is -0.670. The molecule has 0 N–H and O–H groups in total. The molecule has 1 fully saturated rings. The molecule has 0 amide bonds. The summed E-state index contributed by atoms with van der Waals surface area (Å²) in [6.07, 6.45) is 1.58. The van der Waals surface area contributed by atoms with Gasteiger partial charge in [-0.2, -0.15) is 11.3 Å². The summed E-state index contributed by atoms with van der Waals surface area (Å²) in [7, 11) is 0. The van der Waals surface area contributed by atoms with Crippen LogP contribution in [0.1, 0.15) is 18.9 Å². The maximum Gasteiger partial charge on any atom is 0.143 e. The first-order chi connectivity index (χ1) is 6.77. The molecule has 2 rings (SSSR count). The molecule has 1 aromatic rings. The molecule has 1 aliphatic heterocycles. The topological polar surface area (TPSA) is 26.3 Å². The Balaban J connectivity index is 1.95. The molecular weight excluding hydrogens is 196 g/mol. The van der Waals surface area contributed by atoms with Crippen LogP contribution in [0, 0.1) is 5.92 Å². The van der Waals surface area contributed by atoms with Crippen molar-refractivity contribution in [2.75, 3.05) is 6.61 Å². The van der Waals surface area contributed by atoms with Crippen molar-refractivity contribution in [2.24, 2.45) is 5.92 Å². The van der Waals surface area contributed by atoms with Gasteiger partial charge in [-0.05, 0) is 35.7 Å². The highest BCUT2D eigenvalue weighted by atomic mass is 32.1. The fourth-order valence-corrected chi connectivity index (χ4v) is 2.55. The van der Waals surface area contributed by atoms with Crippen LogP contribution in [-0.4, -0.2) is 18.5 Å². The summed E-state index contributed by atoms with van der Waals surface area (Å²) in [6.45, 7) is 2.73. The van der Waals surface area contributed by atoms with Crippen molar-refractivity contribution in [3.8, 4) is 0 Å². The highest BCUT2D eigenvalue weighted by Crippen LogP contribution is 2.23. The molecule has 2 nitrogen and oxygen atoms in total. The van der Waals surface area contributed by atoms with Gasteiger partial charge in [-0.25, -0.2) is 0 Å². The Bertz CT molecular complexity index is 305. The number of carbonyl (C=O) groups is 1. The molecule has 1 aromatic heterocycles. The maximum atomic E-state index is 11.8. The average molecular weight is 210 g/mol. The van der Waals surface area contributed by atoms with E-state index >= 15 is 0 Å². The van der Waals surface area contributed by atoms with Crippen LogP contribution in [0.5, 0.6) is 0 Å². The van der Waals surface area contributed by atoms with E-state index in [1.807, 2.05) is 23.8 Å². The van der Waals surface area contributed by atoms with E-state index in [0.717, 1.165) is 18.6 Å². The largest absolute Gasteiger partial charge is 0.378 e. The number of thiophene rings is 1. The van der Waals surface area contributed by atoms with Crippen molar-refractivity contribution < 1.29 is 9.53 Å². The van der Waals surface area contributed by atoms with Gasteiger partial charge < -0.3 is 4.74 Å². The predicted molar refractivity (Wildman–Crippen MR) is 56.6 cm³/mol. The molecule has 0 aliphatic carbocycles. The van der Waals surface area contributed by atoms with Gasteiger partial charge >= 0.3 is 0 Å². The average Bonchev–Trinajstić information content (AvgIpc) is 2.75. The molecule has 3 heteroatoms. The molecule has 0 radical (unpaired) electrons. The molecule has 0 spiro atoms. The van der Waals surface area contributed by atoms with Crippen molar-refractivity contribution in [2.45, 2.75) is 25.9 Å². The lowest BCUT2D eigenvalue weighted by Crippen LogP contribution is -2.22. The number of rotatable bonds is 3. The number of hydrogen-bond acceptors (Lipinski definition) is 3. The standard InChI is InChI=1S/C11H14O2S/c1-8-10(2-4-13-8)11(12)6-9-3-5-14-7-9/h3,5,7-8,10H,2,4,6H2,1H3. The SMILES string of the molecule is CC1OCCC1C(=O)Cc1ccsc1. The fraction of sp³-hybridized carbons (Fsp3) is 0.545. The number of ketones is 1. The van der Waals surface area contributed by atoms with Crippen LogP contribution < -0.4 is 0 Å². The number of ether oxygens (including phenoxy) is 1. The second-order valence-electron chi connectivity index (χ2n) is 3.75. The zero-order valence-electron chi connectivity index (χ0n) is 8.23. The summed E-state index contributed by atoms with van der Waals surface area (Å²) in [5.74, 6) is 0.448. The van der Waals surface area contributed by atoms with Gasteiger partial charge in [0.25, 0.3) is 0 Å². The molecule has 0 saturated carbocycles. The van der Waals surface area contributed by atoms with Gasteiger partial charge in [-0.1, -0.05) is 0 Å². The summed E-state index contributed by atoms with van der Waals surface area (Å²) in [4.78, 5) is 11.8. The van der Waals surface area contributed by atoms with Crippen LogP contribution in [0.3, 0.4) is 0 Å². The fourth-order valence-electron chi connectivity index (χ4n) is 1.88. The summed E-state index contributed by atoms with van der Waals surface area (Å²) in [6, 6.07) is 2.02. The van der Waals surface area contributed by atoms with Gasteiger partial charge in [-0.3, -0.25) is 4.79 Å². The van der Waals surface area contributed by atoms with Crippen LogP contribution in [0.25, 0.3) is 0 Å². The van der Waals surface area contributed by atoms with E-state index in [4.69, 9.17) is 4.74 Å². The Morgan fingerprint density at radius 2 is 2.57 bits per heavy atom. The quantitative estimate of drug-likeness (QED) is 0.765. The van der Waals surface area contributed by atoms with Crippen molar-refractivity contribution in [1.29, 1.82) is 0 Å². The Morgan fingerprint density at radius 1 is 1.71 bits per heavy atom. The zero-order valence-corrected chi connectivity index (χ0v) is 9.05. The minimum Gasteiger partial charge on any atom is -0.378 e. The van der Waals surface area contributed by atoms with Crippen molar-refractivity contribution >= 4 is 17.1 Å².